The van der Waals surface area contributed by atoms with Gasteiger partial charge in [0.25, 0.3) is 5.91 Å². The monoisotopic (exact) mass is 189 g/mol. The molecule has 0 aliphatic carbocycles. The van der Waals surface area contributed by atoms with Crippen LogP contribution < -0.4 is 5.73 Å². The third kappa shape index (κ3) is 1.47. The molecular formula is C9H7N3O2. The van der Waals surface area contributed by atoms with Crippen LogP contribution in [0.2, 0.25) is 0 Å². The summed E-state index contributed by atoms with van der Waals surface area (Å²) in [6, 6.07) is 3.53. The second-order valence-corrected chi connectivity index (χ2v) is 2.64. The predicted octanol–water partition coefficient (Wildman–Crippen LogP) is 0.835. The summed E-state index contributed by atoms with van der Waals surface area (Å²) in [5.74, 6) is -0.268. The van der Waals surface area contributed by atoms with Crippen LogP contribution in [-0.2, 0) is 0 Å². The summed E-state index contributed by atoms with van der Waals surface area (Å²) in [7, 11) is 0. The number of amides is 1. The quantitative estimate of drug-likeness (QED) is 0.758. The van der Waals surface area contributed by atoms with Crippen molar-refractivity contribution < 1.29 is 9.21 Å². The van der Waals surface area contributed by atoms with Crippen LogP contribution in [0, 0.1) is 0 Å². The molecule has 0 saturated carbocycles. The highest BCUT2D eigenvalue weighted by Gasteiger charge is 2.09. The predicted molar refractivity (Wildman–Crippen MR) is 48.3 cm³/mol. The van der Waals surface area contributed by atoms with Crippen LogP contribution in [0.3, 0.4) is 0 Å². The van der Waals surface area contributed by atoms with Crippen LogP contribution in [0.1, 0.15) is 10.5 Å². The Morgan fingerprint density at radius 3 is 2.93 bits per heavy atom. The van der Waals surface area contributed by atoms with E-state index in [2.05, 4.69) is 9.97 Å². The lowest BCUT2D eigenvalue weighted by molar-refractivity contribution is 0.0995. The molecule has 70 valence electrons. The van der Waals surface area contributed by atoms with Crippen LogP contribution >= 0.6 is 0 Å². The average molecular weight is 189 g/mol. The van der Waals surface area contributed by atoms with E-state index in [-0.39, 0.29) is 5.69 Å². The van der Waals surface area contributed by atoms with Crippen LogP contribution in [0.15, 0.2) is 35.2 Å². The SMILES string of the molecule is NC(=O)c1coc(-c2cccnc2)n1. The maximum atomic E-state index is 10.7. The Balaban J connectivity index is 2.39. The van der Waals surface area contributed by atoms with Crippen molar-refractivity contribution in [2.45, 2.75) is 0 Å². The fourth-order valence-corrected chi connectivity index (χ4v) is 1.01. The van der Waals surface area contributed by atoms with Gasteiger partial charge in [-0.3, -0.25) is 9.78 Å². The van der Waals surface area contributed by atoms with Gasteiger partial charge in [-0.2, -0.15) is 0 Å². The van der Waals surface area contributed by atoms with Gasteiger partial charge in [0, 0.05) is 12.4 Å². The lowest BCUT2D eigenvalue weighted by Crippen LogP contribution is -2.10. The molecule has 14 heavy (non-hydrogen) atoms. The Morgan fingerprint density at radius 2 is 2.36 bits per heavy atom. The number of oxazole rings is 1. The van der Waals surface area contributed by atoms with Gasteiger partial charge in [-0.05, 0) is 12.1 Å². The molecule has 0 spiro atoms. The van der Waals surface area contributed by atoms with Crippen molar-refractivity contribution in [3.63, 3.8) is 0 Å². The van der Waals surface area contributed by atoms with E-state index in [0.29, 0.717) is 11.5 Å². The van der Waals surface area contributed by atoms with Gasteiger partial charge in [-0.25, -0.2) is 4.98 Å². The van der Waals surface area contributed by atoms with Crippen molar-refractivity contribution in [1.29, 1.82) is 0 Å². The van der Waals surface area contributed by atoms with E-state index in [9.17, 15) is 4.79 Å². The number of nitrogens with zero attached hydrogens (tertiary/aromatic N) is 2. The number of rotatable bonds is 2. The molecule has 2 aromatic heterocycles. The standard InChI is InChI=1S/C9H7N3O2/c10-8(13)7-5-14-9(12-7)6-2-1-3-11-4-6/h1-5H,(H2,10,13). The molecule has 2 rings (SSSR count). The largest absolute Gasteiger partial charge is 0.444 e. The summed E-state index contributed by atoms with van der Waals surface area (Å²) in [5.41, 5.74) is 5.85. The first-order valence-corrected chi connectivity index (χ1v) is 3.93. The van der Waals surface area contributed by atoms with Gasteiger partial charge >= 0.3 is 0 Å². The van der Waals surface area contributed by atoms with Crippen molar-refractivity contribution in [3.05, 3.63) is 36.5 Å². The molecule has 1 amide bonds. The smallest absolute Gasteiger partial charge is 0.270 e. The van der Waals surface area contributed by atoms with E-state index < -0.39 is 5.91 Å². The number of primary amides is 1. The lowest BCUT2D eigenvalue weighted by atomic mass is 10.3. The van der Waals surface area contributed by atoms with Crippen molar-refractivity contribution in [2.24, 2.45) is 5.73 Å². The van der Waals surface area contributed by atoms with Crippen LogP contribution in [0.4, 0.5) is 0 Å². The van der Waals surface area contributed by atoms with Gasteiger partial charge in [0.2, 0.25) is 5.89 Å². The fourth-order valence-electron chi connectivity index (χ4n) is 1.01. The molecule has 5 nitrogen and oxygen atoms in total. The molecule has 5 heteroatoms. The highest BCUT2D eigenvalue weighted by atomic mass is 16.3. The Hall–Kier alpha value is -2.17. The molecular weight excluding hydrogens is 182 g/mol. The Bertz CT molecular complexity index is 450. The normalized spacial score (nSPS) is 10.0. The number of nitrogens with two attached hydrogens (primary N) is 1. The number of hydrogen-bond donors (Lipinski definition) is 1. The molecule has 0 bridgehead atoms. The molecule has 0 aliphatic rings. The number of carbonyl (C=O) groups excluding carboxylic acids is 1. The number of pyridine rings is 1. The zero-order valence-corrected chi connectivity index (χ0v) is 7.18. The Kier molecular flexibility index (Phi) is 1.98. The van der Waals surface area contributed by atoms with Crippen molar-refractivity contribution in [1.82, 2.24) is 9.97 Å². The molecule has 0 radical (unpaired) electrons. The van der Waals surface area contributed by atoms with Gasteiger partial charge in [0.15, 0.2) is 5.69 Å². The van der Waals surface area contributed by atoms with Crippen LogP contribution in [0.5, 0.6) is 0 Å². The van der Waals surface area contributed by atoms with Crippen molar-refractivity contribution >= 4 is 5.91 Å². The maximum absolute atomic E-state index is 10.7. The third-order valence-electron chi connectivity index (χ3n) is 1.67. The van der Waals surface area contributed by atoms with E-state index in [4.69, 9.17) is 10.2 Å². The minimum atomic E-state index is -0.608. The molecule has 0 aliphatic heterocycles. The Labute approximate surface area is 79.6 Å². The summed E-state index contributed by atoms with van der Waals surface area (Å²) in [4.78, 5) is 18.5. The number of aromatic nitrogens is 2. The van der Waals surface area contributed by atoms with Crippen molar-refractivity contribution in [2.75, 3.05) is 0 Å². The summed E-state index contributed by atoms with van der Waals surface area (Å²) in [6.07, 6.45) is 4.46. The second-order valence-electron chi connectivity index (χ2n) is 2.64. The molecule has 2 N–H and O–H groups in total. The minimum Gasteiger partial charge on any atom is -0.444 e. The first-order chi connectivity index (χ1) is 6.77. The molecule has 0 saturated heterocycles. The molecule has 0 unspecified atom stereocenters. The molecule has 0 fully saturated rings. The summed E-state index contributed by atoms with van der Waals surface area (Å²) < 4.78 is 5.06. The third-order valence-corrected chi connectivity index (χ3v) is 1.67. The van der Waals surface area contributed by atoms with E-state index >= 15 is 0 Å². The highest BCUT2D eigenvalue weighted by molar-refractivity contribution is 5.90. The van der Waals surface area contributed by atoms with Crippen LogP contribution in [-0.4, -0.2) is 15.9 Å². The topological polar surface area (TPSA) is 82.0 Å². The number of carbonyl (C=O) groups is 1. The number of hydrogen-bond acceptors (Lipinski definition) is 4. The van der Waals surface area contributed by atoms with Gasteiger partial charge in [0.05, 0.1) is 5.56 Å². The summed E-state index contributed by atoms with van der Waals surface area (Å²) >= 11 is 0. The van der Waals surface area contributed by atoms with Gasteiger partial charge in [-0.15, -0.1) is 0 Å². The lowest BCUT2D eigenvalue weighted by Gasteiger charge is -1.90. The maximum Gasteiger partial charge on any atom is 0.270 e. The zero-order chi connectivity index (χ0) is 9.97. The van der Waals surface area contributed by atoms with E-state index in [1.807, 2.05) is 0 Å². The van der Waals surface area contributed by atoms with Gasteiger partial charge in [0.1, 0.15) is 6.26 Å². The van der Waals surface area contributed by atoms with E-state index in [0.717, 1.165) is 0 Å². The zero-order valence-electron chi connectivity index (χ0n) is 7.18. The molecule has 0 atom stereocenters. The molecule has 2 heterocycles. The van der Waals surface area contributed by atoms with E-state index in [1.165, 1.54) is 6.26 Å². The Morgan fingerprint density at radius 1 is 1.50 bits per heavy atom. The molecule has 0 aromatic carbocycles. The second kappa shape index (κ2) is 3.29. The summed E-state index contributed by atoms with van der Waals surface area (Å²) in [5, 5.41) is 0. The fraction of sp³-hybridized carbons (Fsp3) is 0. The minimum absolute atomic E-state index is 0.115. The first-order valence-electron chi connectivity index (χ1n) is 3.93. The average Bonchev–Trinajstić information content (AvgIpc) is 2.68. The van der Waals surface area contributed by atoms with Crippen LogP contribution in [0.25, 0.3) is 11.5 Å². The highest BCUT2D eigenvalue weighted by Crippen LogP contribution is 2.16. The first kappa shape index (κ1) is 8.43. The van der Waals surface area contributed by atoms with Crippen molar-refractivity contribution in [3.8, 4) is 11.5 Å². The van der Waals surface area contributed by atoms with Gasteiger partial charge < -0.3 is 10.2 Å². The summed E-state index contributed by atoms with van der Waals surface area (Å²) in [6.45, 7) is 0. The van der Waals surface area contributed by atoms with Gasteiger partial charge in [-0.1, -0.05) is 0 Å². The van der Waals surface area contributed by atoms with E-state index in [1.54, 1.807) is 24.5 Å². The molecule has 2 aromatic rings.